The Kier molecular flexibility index (Phi) is 6.28. The van der Waals surface area contributed by atoms with Gasteiger partial charge in [0.2, 0.25) is 5.91 Å². The Hall–Kier alpha value is -1.81. The molecule has 0 saturated carbocycles. The summed E-state index contributed by atoms with van der Waals surface area (Å²) in [6, 6.07) is 9.93. The van der Waals surface area contributed by atoms with E-state index in [-0.39, 0.29) is 5.91 Å². The summed E-state index contributed by atoms with van der Waals surface area (Å²) in [5.74, 6) is 1.59. The quantitative estimate of drug-likeness (QED) is 0.781. The molecule has 1 fully saturated rings. The Bertz CT molecular complexity index is 439. The molecule has 4 nitrogen and oxygen atoms in total. The first-order chi connectivity index (χ1) is 10.3. The maximum Gasteiger partial charge on any atom is 0.234 e. The smallest absolute Gasteiger partial charge is 0.234 e. The number of rotatable bonds is 7. The van der Waals surface area contributed by atoms with Crippen molar-refractivity contribution in [3.8, 4) is 5.75 Å². The average molecular weight is 288 g/mol. The Labute approximate surface area is 126 Å². The standard InChI is InChI=1S/C17H24N2O2/c1-2-10-18-17(20)13-19-11-8-15(9-12-19)14-21-16-6-4-3-5-7-16/h2-7,15H,1,8-14H2,(H,18,20). The van der Waals surface area contributed by atoms with Gasteiger partial charge in [-0.3, -0.25) is 9.69 Å². The fourth-order valence-corrected chi connectivity index (χ4v) is 2.49. The van der Waals surface area contributed by atoms with Crippen LogP contribution in [0.1, 0.15) is 12.8 Å². The number of para-hydroxylation sites is 1. The molecule has 1 aromatic carbocycles. The van der Waals surface area contributed by atoms with E-state index in [0.29, 0.717) is 19.0 Å². The molecule has 1 aliphatic rings. The van der Waals surface area contributed by atoms with E-state index >= 15 is 0 Å². The van der Waals surface area contributed by atoms with Gasteiger partial charge in [-0.2, -0.15) is 0 Å². The van der Waals surface area contributed by atoms with Crippen LogP contribution in [0, 0.1) is 5.92 Å². The van der Waals surface area contributed by atoms with Gasteiger partial charge < -0.3 is 10.1 Å². The fourth-order valence-electron chi connectivity index (χ4n) is 2.49. The van der Waals surface area contributed by atoms with Crippen LogP contribution in [-0.4, -0.2) is 43.6 Å². The lowest BCUT2D eigenvalue weighted by molar-refractivity contribution is -0.122. The number of hydrogen-bond donors (Lipinski definition) is 1. The molecule has 0 radical (unpaired) electrons. The summed E-state index contributed by atoms with van der Waals surface area (Å²) < 4.78 is 5.81. The van der Waals surface area contributed by atoms with Gasteiger partial charge in [0.1, 0.15) is 5.75 Å². The first-order valence-corrected chi connectivity index (χ1v) is 7.55. The van der Waals surface area contributed by atoms with E-state index in [2.05, 4.69) is 16.8 Å². The van der Waals surface area contributed by atoms with Crippen molar-refractivity contribution in [3.63, 3.8) is 0 Å². The van der Waals surface area contributed by atoms with Crippen LogP contribution in [0.2, 0.25) is 0 Å². The molecule has 0 bridgehead atoms. The molecule has 1 N–H and O–H groups in total. The number of carbonyl (C=O) groups is 1. The van der Waals surface area contributed by atoms with Gasteiger partial charge in [-0.25, -0.2) is 0 Å². The second kappa shape index (κ2) is 8.47. The van der Waals surface area contributed by atoms with Crippen LogP contribution < -0.4 is 10.1 Å². The zero-order valence-corrected chi connectivity index (χ0v) is 12.5. The molecule has 1 aromatic rings. The molecule has 0 aliphatic carbocycles. The third kappa shape index (κ3) is 5.60. The van der Waals surface area contributed by atoms with E-state index in [4.69, 9.17) is 4.74 Å². The minimum Gasteiger partial charge on any atom is -0.493 e. The van der Waals surface area contributed by atoms with Crippen LogP contribution in [0.3, 0.4) is 0 Å². The molecule has 1 saturated heterocycles. The highest BCUT2D eigenvalue weighted by Gasteiger charge is 2.21. The molecule has 4 heteroatoms. The van der Waals surface area contributed by atoms with Gasteiger partial charge in [-0.1, -0.05) is 24.3 Å². The molecule has 2 rings (SSSR count). The third-order valence-corrected chi connectivity index (χ3v) is 3.75. The summed E-state index contributed by atoms with van der Waals surface area (Å²) in [5, 5.41) is 2.81. The molecule has 0 aromatic heterocycles. The summed E-state index contributed by atoms with van der Waals surface area (Å²) >= 11 is 0. The summed E-state index contributed by atoms with van der Waals surface area (Å²) in [7, 11) is 0. The van der Waals surface area contributed by atoms with Crippen LogP contribution in [0.15, 0.2) is 43.0 Å². The van der Waals surface area contributed by atoms with Gasteiger partial charge in [-0.05, 0) is 44.0 Å². The van der Waals surface area contributed by atoms with Crippen molar-refractivity contribution in [2.75, 3.05) is 32.8 Å². The normalized spacial score (nSPS) is 16.4. The highest BCUT2D eigenvalue weighted by molar-refractivity contribution is 5.78. The van der Waals surface area contributed by atoms with E-state index in [1.807, 2.05) is 30.3 Å². The van der Waals surface area contributed by atoms with E-state index in [0.717, 1.165) is 38.3 Å². The second-order valence-electron chi connectivity index (χ2n) is 5.44. The highest BCUT2D eigenvalue weighted by atomic mass is 16.5. The van der Waals surface area contributed by atoms with Crippen molar-refractivity contribution in [2.45, 2.75) is 12.8 Å². The molecular formula is C17H24N2O2. The number of hydrogen-bond acceptors (Lipinski definition) is 3. The lowest BCUT2D eigenvalue weighted by atomic mass is 9.98. The predicted octanol–water partition coefficient (Wildman–Crippen LogP) is 2.08. The predicted molar refractivity (Wildman–Crippen MR) is 84.3 cm³/mol. The molecule has 0 unspecified atom stereocenters. The van der Waals surface area contributed by atoms with E-state index in [1.165, 1.54) is 0 Å². The monoisotopic (exact) mass is 288 g/mol. The number of benzene rings is 1. The molecular weight excluding hydrogens is 264 g/mol. The summed E-state index contributed by atoms with van der Waals surface area (Å²) in [6.07, 6.45) is 3.87. The van der Waals surface area contributed by atoms with Crippen molar-refractivity contribution in [1.82, 2.24) is 10.2 Å². The SMILES string of the molecule is C=CCNC(=O)CN1CCC(COc2ccccc2)CC1. The lowest BCUT2D eigenvalue weighted by Crippen LogP contribution is -2.42. The molecule has 0 spiro atoms. The minimum atomic E-state index is 0.0777. The van der Waals surface area contributed by atoms with Crippen LogP contribution in [0.25, 0.3) is 0 Å². The van der Waals surface area contributed by atoms with Crippen LogP contribution in [0.5, 0.6) is 5.75 Å². The zero-order valence-electron chi connectivity index (χ0n) is 12.5. The number of nitrogens with zero attached hydrogens (tertiary/aromatic N) is 1. The molecule has 1 aliphatic heterocycles. The van der Waals surface area contributed by atoms with Gasteiger partial charge in [-0.15, -0.1) is 6.58 Å². The number of likely N-dealkylation sites (tertiary alicyclic amines) is 1. The van der Waals surface area contributed by atoms with Gasteiger partial charge in [0.25, 0.3) is 0 Å². The van der Waals surface area contributed by atoms with Crippen molar-refractivity contribution in [1.29, 1.82) is 0 Å². The first kappa shape index (κ1) is 15.6. The first-order valence-electron chi connectivity index (χ1n) is 7.55. The topological polar surface area (TPSA) is 41.6 Å². The van der Waals surface area contributed by atoms with Crippen molar-refractivity contribution >= 4 is 5.91 Å². The van der Waals surface area contributed by atoms with Crippen LogP contribution >= 0.6 is 0 Å². The number of carbonyl (C=O) groups excluding carboxylic acids is 1. The molecule has 114 valence electrons. The summed E-state index contributed by atoms with van der Waals surface area (Å²) in [6.45, 7) is 7.31. The summed E-state index contributed by atoms with van der Waals surface area (Å²) in [4.78, 5) is 13.8. The fraction of sp³-hybridized carbons (Fsp3) is 0.471. The maximum atomic E-state index is 11.6. The van der Waals surface area contributed by atoms with E-state index < -0.39 is 0 Å². The number of ether oxygens (including phenoxy) is 1. The average Bonchev–Trinajstić information content (AvgIpc) is 2.53. The van der Waals surface area contributed by atoms with E-state index in [1.54, 1.807) is 6.08 Å². The van der Waals surface area contributed by atoms with Crippen molar-refractivity contribution in [3.05, 3.63) is 43.0 Å². The maximum absolute atomic E-state index is 11.6. The van der Waals surface area contributed by atoms with E-state index in [9.17, 15) is 4.79 Å². The number of nitrogens with one attached hydrogen (secondary N) is 1. The third-order valence-electron chi connectivity index (χ3n) is 3.75. The minimum absolute atomic E-state index is 0.0777. The second-order valence-corrected chi connectivity index (χ2v) is 5.44. The largest absolute Gasteiger partial charge is 0.493 e. The number of piperidine rings is 1. The Morgan fingerprint density at radius 2 is 2.05 bits per heavy atom. The Morgan fingerprint density at radius 1 is 1.33 bits per heavy atom. The Balaban J connectivity index is 1.64. The van der Waals surface area contributed by atoms with Gasteiger partial charge in [0, 0.05) is 6.54 Å². The number of amides is 1. The van der Waals surface area contributed by atoms with Crippen molar-refractivity contribution < 1.29 is 9.53 Å². The van der Waals surface area contributed by atoms with Gasteiger partial charge in [0.05, 0.1) is 13.2 Å². The molecule has 21 heavy (non-hydrogen) atoms. The van der Waals surface area contributed by atoms with Gasteiger partial charge >= 0.3 is 0 Å². The Morgan fingerprint density at radius 3 is 2.71 bits per heavy atom. The summed E-state index contributed by atoms with van der Waals surface area (Å²) in [5.41, 5.74) is 0. The van der Waals surface area contributed by atoms with Crippen LogP contribution in [-0.2, 0) is 4.79 Å². The van der Waals surface area contributed by atoms with Gasteiger partial charge in [0.15, 0.2) is 0 Å². The lowest BCUT2D eigenvalue weighted by Gasteiger charge is -2.31. The van der Waals surface area contributed by atoms with Crippen LogP contribution in [0.4, 0.5) is 0 Å². The molecule has 1 amide bonds. The molecule has 0 atom stereocenters. The zero-order chi connectivity index (χ0) is 14.9. The highest BCUT2D eigenvalue weighted by Crippen LogP contribution is 2.19. The van der Waals surface area contributed by atoms with Crippen molar-refractivity contribution in [2.24, 2.45) is 5.92 Å². The molecule has 1 heterocycles.